The molecular formula is C16H21N3OS. The second-order valence-electron chi connectivity index (χ2n) is 5.37. The number of anilines is 1. The number of ether oxygens (including phenoxy) is 1. The molecule has 0 spiro atoms. The van der Waals surface area contributed by atoms with Crippen LogP contribution in [0.1, 0.15) is 36.3 Å². The molecule has 1 aromatic carbocycles. The Morgan fingerprint density at radius 3 is 2.90 bits per heavy atom. The zero-order valence-corrected chi connectivity index (χ0v) is 12.9. The van der Waals surface area contributed by atoms with E-state index in [1.807, 2.05) is 6.07 Å². The molecule has 1 aromatic heterocycles. The van der Waals surface area contributed by atoms with E-state index >= 15 is 0 Å². The summed E-state index contributed by atoms with van der Waals surface area (Å²) in [5, 5.41) is 13.8. The van der Waals surface area contributed by atoms with Gasteiger partial charge in [0.05, 0.1) is 6.10 Å². The zero-order chi connectivity index (χ0) is 14.3. The summed E-state index contributed by atoms with van der Waals surface area (Å²) in [6, 6.07) is 10.4. The third kappa shape index (κ3) is 4.51. The fourth-order valence-corrected chi connectivity index (χ4v) is 3.34. The maximum atomic E-state index is 5.73. The third-order valence-corrected chi connectivity index (χ3v) is 4.56. The van der Waals surface area contributed by atoms with E-state index < -0.39 is 0 Å². The molecule has 0 amide bonds. The number of nitrogens with one attached hydrogen (secondary N) is 1. The summed E-state index contributed by atoms with van der Waals surface area (Å²) < 4.78 is 5.73. The van der Waals surface area contributed by atoms with Gasteiger partial charge >= 0.3 is 0 Å². The highest BCUT2D eigenvalue weighted by molar-refractivity contribution is 7.15. The highest BCUT2D eigenvalue weighted by Crippen LogP contribution is 2.20. The fraction of sp³-hybridized carbons (Fsp3) is 0.500. The van der Waals surface area contributed by atoms with Crippen LogP contribution in [0.15, 0.2) is 30.3 Å². The Morgan fingerprint density at radius 1 is 1.19 bits per heavy atom. The smallest absolute Gasteiger partial charge is 0.205 e. The van der Waals surface area contributed by atoms with Crippen LogP contribution in [0.3, 0.4) is 0 Å². The lowest BCUT2D eigenvalue weighted by atomic mass is 10.1. The molecule has 0 aliphatic carbocycles. The second-order valence-corrected chi connectivity index (χ2v) is 6.43. The molecule has 4 nitrogen and oxygen atoms in total. The average Bonchev–Trinajstić information content (AvgIpc) is 2.97. The lowest BCUT2D eigenvalue weighted by Crippen LogP contribution is -2.21. The van der Waals surface area contributed by atoms with E-state index in [1.165, 1.54) is 24.8 Å². The van der Waals surface area contributed by atoms with Crippen molar-refractivity contribution in [2.24, 2.45) is 0 Å². The maximum Gasteiger partial charge on any atom is 0.205 e. The Kier molecular flexibility index (Phi) is 5.18. The third-order valence-electron chi connectivity index (χ3n) is 3.68. The first-order valence-corrected chi connectivity index (χ1v) is 8.43. The minimum atomic E-state index is 0.419. The molecular weight excluding hydrogens is 282 g/mol. The molecule has 5 heteroatoms. The molecule has 0 bridgehead atoms. The van der Waals surface area contributed by atoms with Gasteiger partial charge in [-0.1, -0.05) is 41.7 Å². The van der Waals surface area contributed by atoms with E-state index in [0.717, 1.165) is 36.1 Å². The highest BCUT2D eigenvalue weighted by atomic mass is 32.1. The predicted molar refractivity (Wildman–Crippen MR) is 85.9 cm³/mol. The first-order chi connectivity index (χ1) is 10.4. The number of hydrogen-bond donors (Lipinski definition) is 1. The van der Waals surface area contributed by atoms with Crippen molar-refractivity contribution < 1.29 is 4.74 Å². The van der Waals surface area contributed by atoms with Crippen molar-refractivity contribution in [2.45, 2.75) is 38.2 Å². The predicted octanol–water partition coefficient (Wildman–Crippen LogP) is 3.50. The van der Waals surface area contributed by atoms with Crippen molar-refractivity contribution in [3.05, 3.63) is 40.9 Å². The molecule has 1 aliphatic heterocycles. The minimum absolute atomic E-state index is 0.419. The van der Waals surface area contributed by atoms with Crippen LogP contribution < -0.4 is 5.32 Å². The first-order valence-electron chi connectivity index (χ1n) is 7.62. The molecule has 112 valence electrons. The zero-order valence-electron chi connectivity index (χ0n) is 12.1. The normalized spacial score (nSPS) is 18.6. The van der Waals surface area contributed by atoms with E-state index in [1.54, 1.807) is 11.3 Å². The molecule has 1 atom stereocenters. The van der Waals surface area contributed by atoms with Crippen molar-refractivity contribution in [1.82, 2.24) is 10.2 Å². The number of benzene rings is 1. The summed E-state index contributed by atoms with van der Waals surface area (Å²) in [6.45, 7) is 1.83. The molecule has 0 radical (unpaired) electrons. The Hall–Kier alpha value is -1.46. The summed E-state index contributed by atoms with van der Waals surface area (Å²) in [7, 11) is 0. The lowest BCUT2D eigenvalue weighted by Gasteiger charge is -2.22. The summed E-state index contributed by atoms with van der Waals surface area (Å²) in [6.07, 6.45) is 6.02. The summed E-state index contributed by atoms with van der Waals surface area (Å²) >= 11 is 1.64. The van der Waals surface area contributed by atoms with Gasteiger partial charge in [0.1, 0.15) is 5.01 Å². The Bertz CT molecular complexity index is 537. The van der Waals surface area contributed by atoms with Crippen LogP contribution >= 0.6 is 11.3 Å². The van der Waals surface area contributed by atoms with Crippen LogP contribution in [-0.2, 0) is 11.2 Å². The van der Waals surface area contributed by atoms with Crippen molar-refractivity contribution in [1.29, 1.82) is 0 Å². The van der Waals surface area contributed by atoms with Crippen molar-refractivity contribution in [3.8, 4) is 0 Å². The van der Waals surface area contributed by atoms with E-state index in [0.29, 0.717) is 6.10 Å². The van der Waals surface area contributed by atoms with Crippen LogP contribution in [0, 0.1) is 0 Å². The molecule has 1 fully saturated rings. The second kappa shape index (κ2) is 7.52. The number of aromatic nitrogens is 2. The van der Waals surface area contributed by atoms with Crippen molar-refractivity contribution in [2.75, 3.05) is 18.5 Å². The van der Waals surface area contributed by atoms with Gasteiger partial charge < -0.3 is 10.1 Å². The molecule has 21 heavy (non-hydrogen) atoms. The van der Waals surface area contributed by atoms with E-state index in [2.05, 4.69) is 39.8 Å². The van der Waals surface area contributed by atoms with Crippen LogP contribution in [0.5, 0.6) is 0 Å². The highest BCUT2D eigenvalue weighted by Gasteiger charge is 2.13. The van der Waals surface area contributed by atoms with Crippen LogP contribution in [-0.4, -0.2) is 29.5 Å². The maximum absolute atomic E-state index is 5.73. The molecule has 2 aromatic rings. The fourth-order valence-electron chi connectivity index (χ4n) is 2.54. The molecule has 1 unspecified atom stereocenters. The molecule has 0 saturated carbocycles. The van der Waals surface area contributed by atoms with E-state index in [-0.39, 0.29) is 0 Å². The SMILES string of the molecule is c1ccc(Cc2nnc(NCCC3CCCCO3)s2)cc1. The Balaban J connectivity index is 1.44. The van der Waals surface area contributed by atoms with Gasteiger partial charge in [-0.05, 0) is 31.2 Å². The average molecular weight is 303 g/mol. The largest absolute Gasteiger partial charge is 0.378 e. The van der Waals surface area contributed by atoms with E-state index in [4.69, 9.17) is 4.74 Å². The molecule has 1 saturated heterocycles. The summed E-state index contributed by atoms with van der Waals surface area (Å²) in [4.78, 5) is 0. The van der Waals surface area contributed by atoms with Gasteiger partial charge in [0.15, 0.2) is 0 Å². The van der Waals surface area contributed by atoms with Gasteiger partial charge in [-0.25, -0.2) is 0 Å². The number of nitrogens with zero attached hydrogens (tertiary/aromatic N) is 2. The minimum Gasteiger partial charge on any atom is -0.378 e. The Labute approximate surface area is 129 Å². The lowest BCUT2D eigenvalue weighted by molar-refractivity contribution is 0.0134. The quantitative estimate of drug-likeness (QED) is 0.887. The van der Waals surface area contributed by atoms with Crippen molar-refractivity contribution in [3.63, 3.8) is 0 Å². The van der Waals surface area contributed by atoms with E-state index in [9.17, 15) is 0 Å². The molecule has 1 N–H and O–H groups in total. The van der Waals surface area contributed by atoms with Gasteiger partial charge in [0.25, 0.3) is 0 Å². The van der Waals surface area contributed by atoms with Crippen LogP contribution in [0.4, 0.5) is 5.13 Å². The Morgan fingerprint density at radius 2 is 2.10 bits per heavy atom. The summed E-state index contributed by atoms with van der Waals surface area (Å²) in [5.74, 6) is 0. The monoisotopic (exact) mass is 303 g/mol. The van der Waals surface area contributed by atoms with Gasteiger partial charge in [-0.15, -0.1) is 10.2 Å². The number of rotatable bonds is 6. The van der Waals surface area contributed by atoms with Gasteiger partial charge in [-0.3, -0.25) is 0 Å². The molecule has 3 rings (SSSR count). The standard InChI is InChI=1S/C16H21N3OS/c1-2-6-13(7-3-1)12-15-18-19-16(21-15)17-10-9-14-8-4-5-11-20-14/h1-3,6-7,14H,4-5,8-12H2,(H,17,19). The number of hydrogen-bond acceptors (Lipinski definition) is 5. The first kappa shape index (κ1) is 14.5. The molecule has 2 heterocycles. The van der Waals surface area contributed by atoms with Crippen molar-refractivity contribution >= 4 is 16.5 Å². The summed E-state index contributed by atoms with van der Waals surface area (Å²) in [5.41, 5.74) is 1.27. The topological polar surface area (TPSA) is 47.0 Å². The van der Waals surface area contributed by atoms with Gasteiger partial charge in [-0.2, -0.15) is 0 Å². The van der Waals surface area contributed by atoms with Crippen LogP contribution in [0.2, 0.25) is 0 Å². The van der Waals surface area contributed by atoms with Gasteiger partial charge in [0.2, 0.25) is 5.13 Å². The molecule has 1 aliphatic rings. The van der Waals surface area contributed by atoms with Gasteiger partial charge in [0, 0.05) is 19.6 Å². The van der Waals surface area contributed by atoms with Crippen LogP contribution in [0.25, 0.3) is 0 Å².